The van der Waals surface area contributed by atoms with Crippen molar-refractivity contribution in [3.8, 4) is 22.8 Å². The van der Waals surface area contributed by atoms with Crippen LogP contribution in [-0.2, 0) is 0 Å². The van der Waals surface area contributed by atoms with E-state index in [4.69, 9.17) is 6.42 Å². The van der Waals surface area contributed by atoms with Crippen LogP contribution in [0.1, 0.15) is 6.92 Å². The Kier molecular flexibility index (Phi) is 5.19. The predicted octanol–water partition coefficient (Wildman–Crippen LogP) is 8.75. The van der Waals surface area contributed by atoms with Gasteiger partial charge in [0.1, 0.15) is 0 Å². The standard InChI is InChI=1S/C15H11S.C14H9S/c1-2-11-16-14-9-5-3-7-12(14)13-8-4-6-10-15(13)16;1-2-15-13-9-5-3-7-11(13)12-8-4-6-10-14(12)15/h3-10H,1H3;1,3-10H/q2*+1. The molecule has 0 N–H and O–H groups in total. The van der Waals surface area contributed by atoms with E-state index >= 15 is 0 Å². The van der Waals surface area contributed by atoms with E-state index < -0.39 is 0 Å². The summed E-state index contributed by atoms with van der Waals surface area (Å²) in [6, 6.07) is 34.0. The van der Waals surface area contributed by atoms with E-state index in [2.05, 4.69) is 113 Å². The number of benzene rings is 4. The third-order valence-corrected chi connectivity index (χ3v) is 9.16. The van der Waals surface area contributed by atoms with Gasteiger partial charge in [0.05, 0.1) is 20.9 Å². The van der Waals surface area contributed by atoms with Gasteiger partial charge in [-0.05, 0) is 54.5 Å². The van der Waals surface area contributed by atoms with Crippen molar-refractivity contribution in [2.45, 2.75) is 6.92 Å². The van der Waals surface area contributed by atoms with Crippen LogP contribution < -0.4 is 0 Å². The van der Waals surface area contributed by atoms with Gasteiger partial charge in [-0.3, -0.25) is 0 Å². The summed E-state index contributed by atoms with van der Waals surface area (Å²) in [5.41, 5.74) is 0. The highest BCUT2D eigenvalue weighted by Gasteiger charge is 2.19. The average molecular weight is 433 g/mol. The van der Waals surface area contributed by atoms with Gasteiger partial charge in [-0.25, -0.2) is 0 Å². The first-order valence-electron chi connectivity index (χ1n) is 10.1. The van der Waals surface area contributed by atoms with E-state index in [0.29, 0.717) is 0 Å². The maximum absolute atomic E-state index is 5.63. The highest BCUT2D eigenvalue weighted by Crippen LogP contribution is 2.42. The molecule has 0 aliphatic heterocycles. The molecule has 0 unspecified atom stereocenters. The summed E-state index contributed by atoms with van der Waals surface area (Å²) in [5, 5.41) is 11.5. The van der Waals surface area contributed by atoms with Gasteiger partial charge in [-0.15, -0.1) is 0 Å². The first-order valence-corrected chi connectivity index (χ1v) is 12.5. The molecule has 0 amide bonds. The average Bonchev–Trinajstić information content (AvgIpc) is 3.33. The molecule has 0 saturated heterocycles. The smallest absolute Gasteiger partial charge is 0.0612 e. The Morgan fingerprint density at radius 3 is 1.16 bits per heavy atom. The summed E-state index contributed by atoms with van der Waals surface area (Å²) in [6.45, 7) is 1.91. The second-order valence-corrected chi connectivity index (χ2v) is 10.5. The molecule has 6 rings (SSSR count). The lowest BCUT2D eigenvalue weighted by Gasteiger charge is -1.83. The summed E-state index contributed by atoms with van der Waals surface area (Å²) >= 11 is 0. The second-order valence-electron chi connectivity index (χ2n) is 7.07. The summed E-state index contributed by atoms with van der Waals surface area (Å²) in [7, 11) is -0.195. The zero-order chi connectivity index (χ0) is 21.2. The van der Waals surface area contributed by atoms with Gasteiger partial charge in [0.2, 0.25) is 0 Å². The SMILES string of the molecule is C#C[s+]1c2ccccc2c2ccccc21.CC#C[s+]1c2ccccc2c2ccccc21. The lowest BCUT2D eigenvalue weighted by Crippen LogP contribution is -1.62. The maximum Gasteiger partial charge on any atom is 0.197 e. The van der Waals surface area contributed by atoms with E-state index in [-0.39, 0.29) is 20.9 Å². The minimum absolute atomic E-state index is 0.0383. The van der Waals surface area contributed by atoms with Crippen molar-refractivity contribution in [2.24, 2.45) is 0 Å². The Morgan fingerprint density at radius 1 is 0.516 bits per heavy atom. The van der Waals surface area contributed by atoms with Crippen LogP contribution in [0.15, 0.2) is 97.1 Å². The van der Waals surface area contributed by atoms with Gasteiger partial charge < -0.3 is 0 Å². The van der Waals surface area contributed by atoms with Crippen molar-refractivity contribution in [3.05, 3.63) is 97.1 Å². The Labute approximate surface area is 187 Å². The molecule has 31 heavy (non-hydrogen) atoms. The fourth-order valence-corrected chi connectivity index (χ4v) is 7.65. The number of hydrogen-bond donors (Lipinski definition) is 0. The van der Waals surface area contributed by atoms with Crippen LogP contribution in [0.4, 0.5) is 0 Å². The van der Waals surface area contributed by atoms with Gasteiger partial charge >= 0.3 is 0 Å². The lowest BCUT2D eigenvalue weighted by atomic mass is 10.2. The number of fused-ring (bicyclic) bond motifs is 6. The monoisotopic (exact) mass is 432 g/mol. The van der Waals surface area contributed by atoms with E-state index in [1.807, 2.05) is 6.92 Å². The molecule has 2 heteroatoms. The van der Waals surface area contributed by atoms with Gasteiger partial charge in [-0.1, -0.05) is 55.0 Å². The summed E-state index contributed by atoms with van der Waals surface area (Å²) in [6.07, 6.45) is 5.63. The van der Waals surface area contributed by atoms with Crippen LogP contribution in [0.3, 0.4) is 0 Å². The molecule has 0 fully saturated rings. The molecule has 0 nitrogen and oxygen atoms in total. The van der Waals surface area contributed by atoms with Crippen molar-refractivity contribution in [1.29, 1.82) is 0 Å². The minimum atomic E-state index is -0.156. The molecule has 0 spiro atoms. The van der Waals surface area contributed by atoms with Crippen LogP contribution in [0.5, 0.6) is 0 Å². The molecule has 0 saturated carbocycles. The first kappa shape index (κ1) is 19.4. The van der Waals surface area contributed by atoms with E-state index in [1.54, 1.807) is 0 Å². The van der Waals surface area contributed by atoms with Gasteiger partial charge in [0, 0.05) is 28.5 Å². The molecule has 2 heterocycles. The largest absolute Gasteiger partial charge is 0.197 e. The van der Waals surface area contributed by atoms with Crippen molar-refractivity contribution < 1.29 is 0 Å². The number of hydrogen-bond acceptors (Lipinski definition) is 0. The van der Waals surface area contributed by atoms with Gasteiger partial charge in [0.25, 0.3) is 0 Å². The molecule has 0 atom stereocenters. The maximum atomic E-state index is 5.63. The van der Waals surface area contributed by atoms with Crippen molar-refractivity contribution in [3.63, 3.8) is 0 Å². The molecule has 6 aromatic rings. The van der Waals surface area contributed by atoms with E-state index in [0.717, 1.165) is 0 Å². The third kappa shape index (κ3) is 3.28. The minimum Gasteiger partial charge on any atom is -0.0612 e. The molecule has 2 aromatic heterocycles. The molecule has 4 aromatic carbocycles. The van der Waals surface area contributed by atoms with Crippen LogP contribution in [0.2, 0.25) is 0 Å². The van der Waals surface area contributed by atoms with Crippen molar-refractivity contribution in [1.82, 2.24) is 0 Å². The zero-order valence-corrected chi connectivity index (χ0v) is 18.8. The van der Waals surface area contributed by atoms with Crippen LogP contribution in [0, 0.1) is 22.8 Å². The van der Waals surface area contributed by atoms with Crippen molar-refractivity contribution >= 4 is 61.3 Å². The Morgan fingerprint density at radius 2 is 0.839 bits per heavy atom. The third-order valence-electron chi connectivity index (χ3n) is 5.33. The van der Waals surface area contributed by atoms with Crippen LogP contribution in [0.25, 0.3) is 40.3 Å². The van der Waals surface area contributed by atoms with E-state index in [9.17, 15) is 0 Å². The Bertz CT molecular complexity index is 1550. The molecule has 0 aliphatic carbocycles. The Balaban J connectivity index is 0.000000132. The topological polar surface area (TPSA) is 0 Å². The normalized spacial score (nSPS) is 10.5. The number of terminal acetylenes is 1. The van der Waals surface area contributed by atoms with E-state index in [1.165, 1.54) is 40.3 Å². The molecular weight excluding hydrogens is 412 g/mol. The number of thiophene rings is 2. The predicted molar refractivity (Wildman–Crippen MR) is 141 cm³/mol. The number of rotatable bonds is 0. The van der Waals surface area contributed by atoms with Gasteiger partial charge in [0.15, 0.2) is 29.3 Å². The molecule has 146 valence electrons. The molecular formula is C29H20S2+2. The summed E-state index contributed by atoms with van der Waals surface area (Å²) in [4.78, 5) is 0. The highest BCUT2D eigenvalue weighted by molar-refractivity contribution is 7.49. The summed E-state index contributed by atoms with van der Waals surface area (Å²) in [5.74, 6) is 3.05. The first-order chi connectivity index (χ1) is 15.3. The molecule has 0 aliphatic rings. The fourth-order valence-electron chi connectivity index (χ4n) is 4.04. The highest BCUT2D eigenvalue weighted by atomic mass is 32.2. The molecule has 0 radical (unpaired) electrons. The zero-order valence-electron chi connectivity index (χ0n) is 17.1. The van der Waals surface area contributed by atoms with Crippen LogP contribution in [-0.4, -0.2) is 0 Å². The summed E-state index contributed by atoms with van der Waals surface area (Å²) < 4.78 is 5.33. The van der Waals surface area contributed by atoms with Crippen LogP contribution >= 0.6 is 20.9 Å². The second kappa shape index (κ2) is 8.29. The Hall–Kier alpha value is -3.56. The fraction of sp³-hybridized carbons (Fsp3) is 0.0345. The van der Waals surface area contributed by atoms with Gasteiger partial charge in [-0.2, -0.15) is 0 Å². The lowest BCUT2D eigenvalue weighted by molar-refractivity contribution is 1.84. The molecule has 0 bridgehead atoms. The quantitative estimate of drug-likeness (QED) is 0.166. The van der Waals surface area contributed by atoms with Crippen molar-refractivity contribution in [2.75, 3.05) is 0 Å².